The van der Waals surface area contributed by atoms with Gasteiger partial charge in [-0.2, -0.15) is 0 Å². The predicted octanol–water partition coefficient (Wildman–Crippen LogP) is 2.06. The molecular formula is C16H23NO2S. The minimum atomic E-state index is -2.91. The van der Waals surface area contributed by atoms with Crippen LogP contribution >= 0.6 is 0 Å². The number of hydrogen-bond donors (Lipinski definition) is 1. The first kappa shape index (κ1) is 14.1. The van der Waals surface area contributed by atoms with E-state index in [4.69, 9.17) is 0 Å². The molecule has 1 aromatic carbocycles. The van der Waals surface area contributed by atoms with Crippen LogP contribution in [0.4, 0.5) is 0 Å². The first-order valence-electron chi connectivity index (χ1n) is 7.47. The summed E-state index contributed by atoms with van der Waals surface area (Å²) in [6, 6.07) is 9.26. The van der Waals surface area contributed by atoms with E-state index in [1.807, 2.05) is 0 Å². The molecule has 2 aliphatic rings. The van der Waals surface area contributed by atoms with Crippen molar-refractivity contribution in [3.05, 3.63) is 35.4 Å². The topological polar surface area (TPSA) is 46.2 Å². The lowest BCUT2D eigenvalue weighted by molar-refractivity contribution is 0.591. The number of benzene rings is 1. The van der Waals surface area contributed by atoms with Gasteiger partial charge in [-0.15, -0.1) is 0 Å². The Morgan fingerprint density at radius 3 is 2.45 bits per heavy atom. The molecule has 0 radical (unpaired) electrons. The Morgan fingerprint density at radius 1 is 1.25 bits per heavy atom. The summed E-state index contributed by atoms with van der Waals surface area (Å²) in [6.45, 7) is 1.14. The second kappa shape index (κ2) is 5.15. The molecule has 1 heterocycles. The van der Waals surface area contributed by atoms with Crippen molar-refractivity contribution in [1.29, 1.82) is 0 Å². The van der Waals surface area contributed by atoms with Crippen molar-refractivity contribution in [3.63, 3.8) is 0 Å². The molecule has 0 bridgehead atoms. The van der Waals surface area contributed by atoms with Crippen LogP contribution in [0.1, 0.15) is 36.8 Å². The van der Waals surface area contributed by atoms with Crippen LogP contribution in [0.3, 0.4) is 0 Å². The van der Waals surface area contributed by atoms with Gasteiger partial charge >= 0.3 is 0 Å². The third kappa shape index (κ3) is 3.23. The summed E-state index contributed by atoms with van der Waals surface area (Å²) < 4.78 is 23.1. The van der Waals surface area contributed by atoms with Crippen molar-refractivity contribution in [2.75, 3.05) is 18.6 Å². The molecule has 0 aromatic heterocycles. The molecule has 1 aliphatic heterocycles. The zero-order valence-electron chi connectivity index (χ0n) is 12.1. The van der Waals surface area contributed by atoms with Gasteiger partial charge in [0, 0.05) is 17.7 Å². The maximum Gasteiger partial charge on any atom is 0.148 e. The molecule has 1 atom stereocenters. The largest absolute Gasteiger partial charge is 0.314 e. The maximum atomic E-state index is 11.5. The van der Waals surface area contributed by atoms with Gasteiger partial charge in [0.2, 0.25) is 0 Å². The van der Waals surface area contributed by atoms with E-state index < -0.39 is 9.84 Å². The van der Waals surface area contributed by atoms with Crippen molar-refractivity contribution in [2.24, 2.45) is 0 Å². The van der Waals surface area contributed by atoms with Crippen LogP contribution in [0.25, 0.3) is 0 Å². The molecule has 1 aromatic rings. The smallest absolute Gasteiger partial charge is 0.148 e. The van der Waals surface area contributed by atoms with E-state index in [0.29, 0.717) is 11.8 Å². The zero-order valence-corrected chi connectivity index (χ0v) is 12.9. The molecule has 2 fully saturated rings. The molecule has 3 rings (SSSR count). The lowest BCUT2D eigenvalue weighted by Gasteiger charge is -2.16. The highest BCUT2D eigenvalue weighted by Crippen LogP contribution is 2.49. The van der Waals surface area contributed by atoms with E-state index in [1.54, 1.807) is 0 Å². The highest BCUT2D eigenvalue weighted by molar-refractivity contribution is 7.90. The Labute approximate surface area is 121 Å². The average molecular weight is 293 g/mol. The second-order valence-electron chi connectivity index (χ2n) is 6.54. The summed E-state index contributed by atoms with van der Waals surface area (Å²) in [5.74, 6) is 0.295. The summed E-state index contributed by atoms with van der Waals surface area (Å²) in [6.07, 6.45) is 6.97. The Bertz CT molecular complexity index is 567. The molecule has 1 unspecified atom stereocenters. The van der Waals surface area contributed by atoms with E-state index in [2.05, 4.69) is 29.6 Å². The first-order chi connectivity index (χ1) is 9.47. The maximum absolute atomic E-state index is 11.5. The molecule has 3 nitrogen and oxygen atoms in total. The van der Waals surface area contributed by atoms with Gasteiger partial charge in [0.1, 0.15) is 9.84 Å². The van der Waals surface area contributed by atoms with Gasteiger partial charge in [-0.25, -0.2) is 8.42 Å². The number of nitrogens with one attached hydrogen (secondary N) is 1. The van der Waals surface area contributed by atoms with Gasteiger partial charge < -0.3 is 5.32 Å². The van der Waals surface area contributed by atoms with Crippen molar-refractivity contribution >= 4 is 9.84 Å². The number of sulfone groups is 1. The molecule has 4 heteroatoms. The average Bonchev–Trinajstić information content (AvgIpc) is 2.95. The molecule has 0 spiro atoms. The van der Waals surface area contributed by atoms with Gasteiger partial charge in [-0.3, -0.25) is 0 Å². The van der Waals surface area contributed by atoms with E-state index in [1.165, 1.54) is 30.2 Å². The molecule has 1 N–H and O–H groups in total. The van der Waals surface area contributed by atoms with Crippen LogP contribution in [0, 0.1) is 0 Å². The Morgan fingerprint density at radius 2 is 1.95 bits per heavy atom. The van der Waals surface area contributed by atoms with Crippen molar-refractivity contribution in [2.45, 2.75) is 43.6 Å². The quantitative estimate of drug-likeness (QED) is 0.904. The van der Waals surface area contributed by atoms with Gasteiger partial charge in [-0.05, 0) is 49.8 Å². The molecule has 1 aliphatic carbocycles. The van der Waals surface area contributed by atoms with Gasteiger partial charge in [0.25, 0.3) is 0 Å². The van der Waals surface area contributed by atoms with Crippen LogP contribution in [-0.2, 0) is 21.7 Å². The van der Waals surface area contributed by atoms with Crippen LogP contribution in [0.5, 0.6) is 0 Å². The molecule has 20 heavy (non-hydrogen) atoms. The fraction of sp³-hybridized carbons (Fsp3) is 0.625. The van der Waals surface area contributed by atoms with Crippen LogP contribution < -0.4 is 5.32 Å². The normalized spacial score (nSPS) is 24.8. The number of rotatable bonds is 5. The lowest BCUT2D eigenvalue weighted by atomic mass is 9.95. The van der Waals surface area contributed by atoms with Gasteiger partial charge in [0.05, 0.1) is 5.75 Å². The fourth-order valence-corrected chi connectivity index (χ4v) is 4.84. The zero-order chi connectivity index (χ0) is 14.2. The Balaban J connectivity index is 1.69. The lowest BCUT2D eigenvalue weighted by Crippen LogP contribution is -2.23. The van der Waals surface area contributed by atoms with Gasteiger partial charge in [0.15, 0.2) is 0 Å². The van der Waals surface area contributed by atoms with Crippen LogP contribution in [0.15, 0.2) is 24.3 Å². The third-order valence-corrected chi connectivity index (χ3v) is 5.68. The molecule has 1 saturated heterocycles. The predicted molar refractivity (Wildman–Crippen MR) is 81.8 cm³/mol. The SMILES string of the molecule is CS(=O)(=O)CC1(c2ccc(CC3CCCN3)cc2)CC1. The summed E-state index contributed by atoms with van der Waals surface area (Å²) >= 11 is 0. The number of hydrogen-bond acceptors (Lipinski definition) is 3. The van der Waals surface area contributed by atoms with Crippen molar-refractivity contribution < 1.29 is 8.42 Å². The summed E-state index contributed by atoms with van der Waals surface area (Å²) in [4.78, 5) is 0. The molecule has 110 valence electrons. The third-order valence-electron chi connectivity index (χ3n) is 4.60. The first-order valence-corrected chi connectivity index (χ1v) is 9.54. The highest BCUT2D eigenvalue weighted by atomic mass is 32.2. The van der Waals surface area contributed by atoms with Crippen molar-refractivity contribution in [3.8, 4) is 0 Å². The Kier molecular flexibility index (Phi) is 3.63. The summed E-state index contributed by atoms with van der Waals surface area (Å²) in [5, 5.41) is 3.51. The summed E-state index contributed by atoms with van der Waals surface area (Å²) in [7, 11) is -2.91. The fourth-order valence-electron chi connectivity index (χ4n) is 3.38. The van der Waals surface area contributed by atoms with Crippen molar-refractivity contribution in [1.82, 2.24) is 5.32 Å². The standard InChI is InChI=1S/C16H23NO2S/c1-20(18,19)12-16(8-9-16)14-6-4-13(5-7-14)11-15-3-2-10-17-15/h4-7,15,17H,2-3,8-12H2,1H3. The van der Waals surface area contributed by atoms with Crippen LogP contribution in [0.2, 0.25) is 0 Å². The van der Waals surface area contributed by atoms with E-state index in [0.717, 1.165) is 25.8 Å². The second-order valence-corrected chi connectivity index (χ2v) is 8.68. The van der Waals surface area contributed by atoms with E-state index in [-0.39, 0.29) is 5.41 Å². The van der Waals surface area contributed by atoms with Gasteiger partial charge in [-0.1, -0.05) is 24.3 Å². The molecule has 0 amide bonds. The Hall–Kier alpha value is -0.870. The summed E-state index contributed by atoms with van der Waals surface area (Å²) in [5.41, 5.74) is 2.46. The monoisotopic (exact) mass is 293 g/mol. The minimum Gasteiger partial charge on any atom is -0.314 e. The minimum absolute atomic E-state index is 0.0856. The van der Waals surface area contributed by atoms with Crippen LogP contribution in [-0.4, -0.2) is 33.0 Å². The molecular weight excluding hydrogens is 270 g/mol. The molecule has 1 saturated carbocycles. The van der Waals surface area contributed by atoms with E-state index >= 15 is 0 Å². The highest BCUT2D eigenvalue weighted by Gasteiger charge is 2.46. The van der Waals surface area contributed by atoms with E-state index in [9.17, 15) is 8.42 Å².